The number of ether oxygens (including phenoxy) is 3. The molecule has 1 fully saturated rings. The first-order valence-electron chi connectivity index (χ1n) is 9.86. The molecule has 1 atom stereocenters. The van der Waals surface area contributed by atoms with Gasteiger partial charge >= 0.3 is 0 Å². The van der Waals surface area contributed by atoms with E-state index in [9.17, 15) is 18.0 Å². The van der Waals surface area contributed by atoms with E-state index in [-0.39, 0.29) is 22.9 Å². The zero-order valence-corrected chi connectivity index (χ0v) is 18.3. The summed E-state index contributed by atoms with van der Waals surface area (Å²) in [6.45, 7) is 0.511. The maximum Gasteiger partial charge on any atom is 0.277 e. The number of nitrogens with one attached hydrogen (secondary N) is 1. The van der Waals surface area contributed by atoms with E-state index >= 15 is 0 Å². The fourth-order valence-electron chi connectivity index (χ4n) is 3.37. The first kappa shape index (κ1) is 21.4. The van der Waals surface area contributed by atoms with Crippen molar-refractivity contribution in [1.29, 1.82) is 0 Å². The molecular formula is C21H24N2O7S. The van der Waals surface area contributed by atoms with Crippen LogP contribution in [0.3, 0.4) is 0 Å². The van der Waals surface area contributed by atoms with Crippen LogP contribution in [-0.4, -0.2) is 51.6 Å². The van der Waals surface area contributed by atoms with Crippen LogP contribution in [0, 0.1) is 5.92 Å². The Morgan fingerprint density at radius 3 is 2.58 bits per heavy atom. The third-order valence-corrected chi connectivity index (χ3v) is 6.40. The number of carbonyl (C=O) groups is 1. The Bertz CT molecular complexity index is 1200. The highest BCUT2D eigenvalue weighted by Gasteiger charge is 2.33. The first-order chi connectivity index (χ1) is 14.7. The standard InChI is InChI=1S/C21H24N2O7S/c1-23-9-15(19-18(21(23)25)22-20(24)17(30-19)11-28-2)14-8-13(31(3,26)27)6-7-16(14)29-10-12-4-5-12/h6-9,12,17H,4-5,10-11H2,1-3H3,(H,22,24)/t17-/m1/s1. The Hall–Kier alpha value is -2.85. The van der Waals surface area contributed by atoms with Crippen LogP contribution < -0.4 is 20.3 Å². The molecule has 10 heteroatoms. The fraction of sp³-hybridized carbons (Fsp3) is 0.429. The molecule has 1 amide bonds. The highest BCUT2D eigenvalue weighted by atomic mass is 32.2. The van der Waals surface area contributed by atoms with Crippen LogP contribution in [0.25, 0.3) is 11.1 Å². The molecule has 1 aliphatic heterocycles. The number of methoxy groups -OCH3 is 1. The number of hydrogen-bond donors (Lipinski definition) is 1. The van der Waals surface area contributed by atoms with E-state index < -0.39 is 27.4 Å². The molecule has 2 heterocycles. The highest BCUT2D eigenvalue weighted by Crippen LogP contribution is 2.43. The SMILES string of the molecule is COC[C@H]1Oc2c(-c3cc(S(C)(=O)=O)ccc3OCC3CC3)cn(C)c(=O)c2NC1=O. The molecule has 1 aromatic heterocycles. The van der Waals surface area contributed by atoms with E-state index in [0.29, 0.717) is 29.4 Å². The Labute approximate surface area is 179 Å². The molecule has 166 valence electrons. The highest BCUT2D eigenvalue weighted by molar-refractivity contribution is 7.90. The summed E-state index contributed by atoms with van der Waals surface area (Å²) in [7, 11) is -0.504. The van der Waals surface area contributed by atoms with Crippen molar-refractivity contribution < 1.29 is 27.4 Å². The van der Waals surface area contributed by atoms with Gasteiger partial charge in [0.05, 0.1) is 18.1 Å². The number of aromatic nitrogens is 1. The predicted molar refractivity (Wildman–Crippen MR) is 113 cm³/mol. The monoisotopic (exact) mass is 448 g/mol. The van der Waals surface area contributed by atoms with Crippen LogP contribution in [0.4, 0.5) is 5.69 Å². The summed E-state index contributed by atoms with van der Waals surface area (Å²) < 4.78 is 42.6. The van der Waals surface area contributed by atoms with Gasteiger partial charge in [-0.1, -0.05) is 0 Å². The zero-order valence-electron chi connectivity index (χ0n) is 17.5. The second-order valence-electron chi connectivity index (χ2n) is 7.90. The van der Waals surface area contributed by atoms with Gasteiger partial charge in [-0.15, -0.1) is 0 Å². The number of benzene rings is 1. The van der Waals surface area contributed by atoms with Gasteiger partial charge in [0.1, 0.15) is 5.75 Å². The van der Waals surface area contributed by atoms with Crippen molar-refractivity contribution in [3.63, 3.8) is 0 Å². The zero-order chi connectivity index (χ0) is 22.3. The van der Waals surface area contributed by atoms with Crippen molar-refractivity contribution >= 4 is 21.4 Å². The summed E-state index contributed by atoms with van der Waals surface area (Å²) in [4.78, 5) is 25.1. The van der Waals surface area contributed by atoms with Gasteiger partial charge in [0.15, 0.2) is 21.3 Å². The minimum absolute atomic E-state index is 0.00439. The second kappa shape index (κ2) is 8.01. The van der Waals surface area contributed by atoms with Gasteiger partial charge in [-0.3, -0.25) is 9.59 Å². The van der Waals surface area contributed by atoms with Crippen molar-refractivity contribution in [2.75, 3.05) is 31.9 Å². The lowest BCUT2D eigenvalue weighted by molar-refractivity contribution is -0.125. The number of amides is 1. The molecule has 31 heavy (non-hydrogen) atoms. The normalized spacial score (nSPS) is 18.2. The number of fused-ring (bicyclic) bond motifs is 1. The van der Waals surface area contributed by atoms with Crippen LogP contribution in [0.2, 0.25) is 0 Å². The smallest absolute Gasteiger partial charge is 0.277 e. The van der Waals surface area contributed by atoms with Crippen molar-refractivity contribution in [3.8, 4) is 22.6 Å². The number of nitrogens with zero attached hydrogens (tertiary/aromatic N) is 1. The maximum atomic E-state index is 12.7. The third kappa shape index (κ3) is 4.31. The van der Waals surface area contributed by atoms with Crippen molar-refractivity contribution in [3.05, 3.63) is 34.7 Å². The lowest BCUT2D eigenvalue weighted by Gasteiger charge is -2.27. The molecule has 2 aromatic rings. The summed E-state index contributed by atoms with van der Waals surface area (Å²) in [5, 5.41) is 2.60. The molecule has 1 saturated carbocycles. The van der Waals surface area contributed by atoms with Crippen LogP contribution in [0.15, 0.2) is 34.1 Å². The topological polar surface area (TPSA) is 113 Å². The van der Waals surface area contributed by atoms with E-state index in [4.69, 9.17) is 14.2 Å². The molecule has 9 nitrogen and oxygen atoms in total. The molecule has 1 aliphatic carbocycles. The Kier molecular flexibility index (Phi) is 5.52. The minimum Gasteiger partial charge on any atom is -0.493 e. The molecule has 1 N–H and O–H groups in total. The number of aryl methyl sites for hydroxylation is 1. The summed E-state index contributed by atoms with van der Waals surface area (Å²) in [5.74, 6) is 0.632. The van der Waals surface area contributed by atoms with Crippen LogP contribution in [-0.2, 0) is 26.4 Å². The van der Waals surface area contributed by atoms with Crippen molar-refractivity contribution in [2.24, 2.45) is 13.0 Å². The van der Waals surface area contributed by atoms with E-state index in [1.165, 1.54) is 23.8 Å². The minimum atomic E-state index is -3.49. The average Bonchev–Trinajstić information content (AvgIpc) is 3.54. The molecule has 0 radical (unpaired) electrons. The van der Waals surface area contributed by atoms with Gasteiger partial charge in [-0.2, -0.15) is 0 Å². The van der Waals surface area contributed by atoms with Crippen LogP contribution in [0.1, 0.15) is 12.8 Å². The van der Waals surface area contributed by atoms with Gasteiger partial charge in [0.2, 0.25) is 6.10 Å². The van der Waals surface area contributed by atoms with Gasteiger partial charge in [0.25, 0.3) is 11.5 Å². The second-order valence-corrected chi connectivity index (χ2v) is 9.91. The molecule has 0 bridgehead atoms. The number of hydrogen-bond acceptors (Lipinski definition) is 7. The lowest BCUT2D eigenvalue weighted by Crippen LogP contribution is -2.43. The predicted octanol–water partition coefficient (Wildman–Crippen LogP) is 1.59. The van der Waals surface area contributed by atoms with Crippen LogP contribution >= 0.6 is 0 Å². The largest absolute Gasteiger partial charge is 0.493 e. The number of anilines is 1. The molecule has 1 aromatic carbocycles. The molecule has 4 rings (SSSR count). The average molecular weight is 448 g/mol. The summed E-state index contributed by atoms with van der Waals surface area (Å²) in [5.41, 5.74) is 0.454. The number of rotatable bonds is 7. The van der Waals surface area contributed by atoms with E-state index in [2.05, 4.69) is 5.32 Å². The maximum absolute atomic E-state index is 12.7. The van der Waals surface area contributed by atoms with Gasteiger partial charge in [-0.25, -0.2) is 8.42 Å². The van der Waals surface area contributed by atoms with Crippen LogP contribution in [0.5, 0.6) is 11.5 Å². The Morgan fingerprint density at radius 1 is 1.19 bits per heavy atom. The van der Waals surface area contributed by atoms with Gasteiger partial charge in [-0.05, 0) is 37.0 Å². The first-order valence-corrected chi connectivity index (χ1v) is 11.8. The number of sulfone groups is 1. The Balaban J connectivity index is 1.90. The molecule has 0 saturated heterocycles. The summed E-state index contributed by atoms with van der Waals surface area (Å²) >= 11 is 0. The molecular weight excluding hydrogens is 424 g/mol. The molecule has 0 unspecified atom stereocenters. The lowest BCUT2D eigenvalue weighted by atomic mass is 10.0. The van der Waals surface area contributed by atoms with Gasteiger partial charge < -0.3 is 24.1 Å². The third-order valence-electron chi connectivity index (χ3n) is 5.29. The van der Waals surface area contributed by atoms with Crippen molar-refractivity contribution in [1.82, 2.24) is 4.57 Å². The quantitative estimate of drug-likeness (QED) is 0.684. The molecule has 0 spiro atoms. The number of carbonyl (C=O) groups excluding carboxylic acids is 1. The van der Waals surface area contributed by atoms with Crippen molar-refractivity contribution in [2.45, 2.75) is 23.8 Å². The summed E-state index contributed by atoms with van der Waals surface area (Å²) in [6.07, 6.45) is 3.92. The van der Waals surface area contributed by atoms with E-state index in [1.54, 1.807) is 19.3 Å². The Morgan fingerprint density at radius 2 is 1.94 bits per heavy atom. The molecule has 2 aliphatic rings. The fourth-order valence-corrected chi connectivity index (χ4v) is 4.02. The van der Waals surface area contributed by atoms with E-state index in [0.717, 1.165) is 19.1 Å². The summed E-state index contributed by atoms with van der Waals surface area (Å²) in [6, 6.07) is 4.61. The van der Waals surface area contributed by atoms with E-state index in [1.807, 2.05) is 0 Å². The number of pyridine rings is 1. The van der Waals surface area contributed by atoms with Gasteiger partial charge in [0, 0.05) is 37.7 Å².